The van der Waals surface area contributed by atoms with E-state index in [1.165, 1.54) is 12.4 Å². The number of hydrogen-bond donors (Lipinski definition) is 1. The van der Waals surface area contributed by atoms with E-state index in [2.05, 4.69) is 20.3 Å². The van der Waals surface area contributed by atoms with Crippen LogP contribution in [0.2, 0.25) is 0 Å². The van der Waals surface area contributed by atoms with E-state index in [1.807, 2.05) is 18.2 Å². The van der Waals surface area contributed by atoms with Gasteiger partial charge in [0, 0.05) is 30.7 Å². The van der Waals surface area contributed by atoms with Crippen LogP contribution in [-0.4, -0.2) is 28.2 Å². The lowest BCUT2D eigenvalue weighted by Crippen LogP contribution is -2.15. The predicted octanol–water partition coefficient (Wildman–Crippen LogP) is 3.94. The lowest BCUT2D eigenvalue weighted by molar-refractivity contribution is -0.137. The van der Waals surface area contributed by atoms with E-state index >= 15 is 0 Å². The molecule has 0 spiro atoms. The Labute approximate surface area is 158 Å². The molecule has 6 nitrogen and oxygen atoms in total. The summed E-state index contributed by atoms with van der Waals surface area (Å²) in [5, 5.41) is 3.13. The number of aromatic nitrogens is 3. The Morgan fingerprint density at radius 2 is 1.82 bits per heavy atom. The fourth-order valence-electron chi connectivity index (χ4n) is 2.70. The summed E-state index contributed by atoms with van der Waals surface area (Å²) in [5.41, 5.74) is 0.297. The average molecular weight is 388 g/mol. The molecule has 0 bridgehead atoms. The van der Waals surface area contributed by atoms with Gasteiger partial charge < -0.3 is 14.8 Å². The highest BCUT2D eigenvalue weighted by atomic mass is 19.4. The third-order valence-electron chi connectivity index (χ3n) is 4.06. The minimum atomic E-state index is -4.48. The molecule has 2 aromatic heterocycles. The minimum Gasteiger partial charge on any atom is -0.486 e. The SMILES string of the molecule is FC(F)(F)c1cncc(-c2nccc(NCc3ccc4c(c3)OCCO4)n2)c1. The molecule has 9 heteroatoms. The van der Waals surface area contributed by atoms with E-state index in [-0.39, 0.29) is 11.4 Å². The first-order valence-corrected chi connectivity index (χ1v) is 8.47. The number of alkyl halides is 3. The number of halogens is 3. The van der Waals surface area contributed by atoms with E-state index in [1.54, 1.807) is 6.07 Å². The Balaban J connectivity index is 1.50. The Morgan fingerprint density at radius 1 is 1.00 bits per heavy atom. The third kappa shape index (κ3) is 3.98. The van der Waals surface area contributed by atoms with Crippen molar-refractivity contribution in [1.82, 2.24) is 15.0 Å². The molecule has 0 amide bonds. The molecule has 1 aromatic carbocycles. The molecule has 28 heavy (non-hydrogen) atoms. The Kier molecular flexibility index (Phi) is 4.72. The molecule has 0 atom stereocenters. The molecule has 1 aliphatic rings. The van der Waals surface area contributed by atoms with Gasteiger partial charge in [0.2, 0.25) is 0 Å². The predicted molar refractivity (Wildman–Crippen MR) is 95.0 cm³/mol. The number of benzene rings is 1. The quantitative estimate of drug-likeness (QED) is 0.730. The van der Waals surface area contributed by atoms with Crippen molar-refractivity contribution >= 4 is 5.82 Å². The maximum Gasteiger partial charge on any atom is 0.417 e. The van der Waals surface area contributed by atoms with Crippen molar-refractivity contribution in [2.45, 2.75) is 12.7 Å². The van der Waals surface area contributed by atoms with Gasteiger partial charge >= 0.3 is 6.18 Å². The maximum absolute atomic E-state index is 12.9. The molecule has 3 heterocycles. The van der Waals surface area contributed by atoms with Gasteiger partial charge in [0.05, 0.1) is 5.56 Å². The van der Waals surface area contributed by atoms with Crippen molar-refractivity contribution < 1.29 is 22.6 Å². The van der Waals surface area contributed by atoms with Crippen LogP contribution >= 0.6 is 0 Å². The molecule has 0 saturated carbocycles. The van der Waals surface area contributed by atoms with E-state index in [4.69, 9.17) is 9.47 Å². The van der Waals surface area contributed by atoms with E-state index < -0.39 is 11.7 Å². The molecule has 4 rings (SSSR count). The maximum atomic E-state index is 12.9. The van der Waals surface area contributed by atoms with Crippen molar-refractivity contribution in [1.29, 1.82) is 0 Å². The van der Waals surface area contributed by atoms with Gasteiger partial charge in [0.15, 0.2) is 17.3 Å². The van der Waals surface area contributed by atoms with E-state index in [0.29, 0.717) is 37.1 Å². The van der Waals surface area contributed by atoms with Crippen molar-refractivity contribution in [3.8, 4) is 22.9 Å². The first-order valence-electron chi connectivity index (χ1n) is 8.47. The molecule has 0 unspecified atom stereocenters. The third-order valence-corrected chi connectivity index (χ3v) is 4.06. The van der Waals surface area contributed by atoms with Gasteiger partial charge in [-0.1, -0.05) is 6.07 Å². The summed E-state index contributed by atoms with van der Waals surface area (Å²) in [6, 6.07) is 8.24. The molecule has 0 radical (unpaired) electrons. The highest BCUT2D eigenvalue weighted by Crippen LogP contribution is 2.32. The zero-order valence-electron chi connectivity index (χ0n) is 14.5. The van der Waals surface area contributed by atoms with Crippen LogP contribution in [0.3, 0.4) is 0 Å². The molecule has 144 valence electrons. The summed E-state index contributed by atoms with van der Waals surface area (Å²) >= 11 is 0. The van der Waals surface area contributed by atoms with Crippen LogP contribution in [0.1, 0.15) is 11.1 Å². The van der Waals surface area contributed by atoms with Crippen LogP contribution in [0.25, 0.3) is 11.4 Å². The number of ether oxygens (including phenoxy) is 2. The molecule has 1 N–H and O–H groups in total. The Morgan fingerprint density at radius 3 is 2.64 bits per heavy atom. The molecule has 0 saturated heterocycles. The van der Waals surface area contributed by atoms with Crippen LogP contribution in [-0.2, 0) is 12.7 Å². The summed E-state index contributed by atoms with van der Waals surface area (Å²) < 4.78 is 49.7. The minimum absolute atomic E-state index is 0.158. The van der Waals surface area contributed by atoms with Gasteiger partial charge in [0.25, 0.3) is 0 Å². The second-order valence-corrected chi connectivity index (χ2v) is 6.06. The zero-order chi connectivity index (χ0) is 19.6. The highest BCUT2D eigenvalue weighted by molar-refractivity contribution is 5.57. The molecule has 0 fully saturated rings. The van der Waals surface area contributed by atoms with Crippen molar-refractivity contribution in [2.24, 2.45) is 0 Å². The second kappa shape index (κ2) is 7.34. The fourth-order valence-corrected chi connectivity index (χ4v) is 2.70. The van der Waals surface area contributed by atoms with E-state index in [0.717, 1.165) is 17.8 Å². The number of hydrogen-bond acceptors (Lipinski definition) is 6. The normalized spacial score (nSPS) is 13.2. The van der Waals surface area contributed by atoms with Gasteiger partial charge in [-0.25, -0.2) is 9.97 Å². The number of anilines is 1. The molecular weight excluding hydrogens is 373 g/mol. The number of rotatable bonds is 4. The summed E-state index contributed by atoms with van der Waals surface area (Å²) in [4.78, 5) is 12.0. The monoisotopic (exact) mass is 388 g/mol. The summed E-state index contributed by atoms with van der Waals surface area (Å²) in [5.74, 6) is 2.03. The topological polar surface area (TPSA) is 69.2 Å². The van der Waals surface area contributed by atoms with Crippen molar-refractivity contribution in [2.75, 3.05) is 18.5 Å². The molecule has 3 aromatic rings. The lowest BCUT2D eigenvalue weighted by atomic mass is 10.2. The van der Waals surface area contributed by atoms with Gasteiger partial charge in [-0.15, -0.1) is 0 Å². The first-order chi connectivity index (χ1) is 13.5. The molecule has 0 aliphatic carbocycles. The van der Waals surface area contributed by atoms with Crippen LogP contribution in [0.15, 0.2) is 48.9 Å². The van der Waals surface area contributed by atoms with Crippen LogP contribution in [0, 0.1) is 0 Å². The standard InChI is InChI=1S/C19H15F3N4O2/c20-19(21,22)14-8-13(10-23-11-14)18-24-4-3-17(26-18)25-9-12-1-2-15-16(7-12)28-6-5-27-15/h1-4,7-8,10-11H,5-6,9H2,(H,24,25,26). The highest BCUT2D eigenvalue weighted by Gasteiger charge is 2.31. The smallest absolute Gasteiger partial charge is 0.417 e. The van der Waals surface area contributed by atoms with Crippen LogP contribution < -0.4 is 14.8 Å². The van der Waals surface area contributed by atoms with Gasteiger partial charge in [-0.05, 0) is 29.8 Å². The van der Waals surface area contributed by atoms with E-state index in [9.17, 15) is 13.2 Å². The summed E-state index contributed by atoms with van der Waals surface area (Å²) in [6.45, 7) is 1.48. The number of nitrogens with zero attached hydrogens (tertiary/aromatic N) is 3. The number of pyridine rings is 1. The van der Waals surface area contributed by atoms with Crippen LogP contribution in [0.5, 0.6) is 11.5 Å². The van der Waals surface area contributed by atoms with Crippen molar-refractivity contribution in [3.63, 3.8) is 0 Å². The molecular formula is C19H15F3N4O2. The summed E-state index contributed by atoms with van der Waals surface area (Å²) in [7, 11) is 0. The van der Waals surface area contributed by atoms with Crippen molar-refractivity contribution in [3.05, 3.63) is 60.0 Å². The second-order valence-electron chi connectivity index (χ2n) is 6.06. The van der Waals surface area contributed by atoms with Gasteiger partial charge in [-0.2, -0.15) is 13.2 Å². The number of nitrogens with one attached hydrogen (secondary N) is 1. The summed E-state index contributed by atoms with van der Waals surface area (Å²) in [6.07, 6.45) is -0.922. The zero-order valence-corrected chi connectivity index (χ0v) is 14.5. The average Bonchev–Trinajstić information content (AvgIpc) is 2.72. The fraction of sp³-hybridized carbons (Fsp3) is 0.211. The van der Waals surface area contributed by atoms with Gasteiger partial charge in [0.1, 0.15) is 19.0 Å². The van der Waals surface area contributed by atoms with Gasteiger partial charge in [-0.3, -0.25) is 4.98 Å². The molecule has 1 aliphatic heterocycles. The lowest BCUT2D eigenvalue weighted by Gasteiger charge is -2.19. The first kappa shape index (κ1) is 18.0. The Hall–Kier alpha value is -3.36. The Bertz CT molecular complexity index is 995. The largest absolute Gasteiger partial charge is 0.486 e. The van der Waals surface area contributed by atoms with Crippen LogP contribution in [0.4, 0.5) is 19.0 Å². The number of fused-ring (bicyclic) bond motifs is 1.